The van der Waals surface area contributed by atoms with Crippen LogP contribution in [0.15, 0.2) is 59.6 Å². The molecule has 0 aliphatic carbocycles. The van der Waals surface area contributed by atoms with Gasteiger partial charge < -0.3 is 20.7 Å². The molecule has 0 aromatic heterocycles. The smallest absolute Gasteiger partial charge is 0.193 e. The summed E-state index contributed by atoms with van der Waals surface area (Å²) in [6.45, 7) is 2.06. The molecular formula is C18H24N4O. The zero-order chi connectivity index (χ0) is 16.5. The molecule has 0 aliphatic rings. The molecule has 0 fully saturated rings. The van der Waals surface area contributed by atoms with Gasteiger partial charge >= 0.3 is 0 Å². The van der Waals surface area contributed by atoms with Crippen molar-refractivity contribution < 1.29 is 4.74 Å². The summed E-state index contributed by atoms with van der Waals surface area (Å²) in [4.78, 5) is 6.45. The van der Waals surface area contributed by atoms with E-state index < -0.39 is 0 Å². The third-order valence-electron chi connectivity index (χ3n) is 3.18. The number of hydrogen-bond acceptors (Lipinski definition) is 3. The van der Waals surface area contributed by atoms with Gasteiger partial charge in [-0.15, -0.1) is 0 Å². The lowest BCUT2D eigenvalue weighted by Crippen LogP contribution is -2.22. The van der Waals surface area contributed by atoms with Crippen molar-refractivity contribution in [2.45, 2.75) is 6.54 Å². The predicted molar refractivity (Wildman–Crippen MR) is 95.9 cm³/mol. The zero-order valence-electron chi connectivity index (χ0n) is 13.7. The van der Waals surface area contributed by atoms with Gasteiger partial charge in [-0.25, -0.2) is 4.99 Å². The quantitative estimate of drug-likeness (QED) is 0.609. The van der Waals surface area contributed by atoms with E-state index in [1.807, 2.05) is 68.7 Å². The van der Waals surface area contributed by atoms with E-state index in [9.17, 15) is 0 Å². The summed E-state index contributed by atoms with van der Waals surface area (Å²) in [5.74, 6) is 1.25. The van der Waals surface area contributed by atoms with Crippen molar-refractivity contribution in [3.63, 3.8) is 0 Å². The van der Waals surface area contributed by atoms with Crippen LogP contribution in [-0.4, -0.2) is 38.1 Å². The van der Waals surface area contributed by atoms with Gasteiger partial charge in [-0.2, -0.15) is 0 Å². The average Bonchev–Trinajstić information content (AvgIpc) is 2.54. The van der Waals surface area contributed by atoms with Gasteiger partial charge in [0, 0.05) is 12.2 Å². The molecule has 0 saturated carbocycles. The van der Waals surface area contributed by atoms with Gasteiger partial charge in [0.25, 0.3) is 0 Å². The Labute approximate surface area is 137 Å². The number of benzene rings is 2. The summed E-state index contributed by atoms with van der Waals surface area (Å²) in [7, 11) is 4.05. The van der Waals surface area contributed by atoms with Crippen LogP contribution in [0.2, 0.25) is 0 Å². The van der Waals surface area contributed by atoms with Crippen molar-refractivity contribution in [3.8, 4) is 5.75 Å². The summed E-state index contributed by atoms with van der Waals surface area (Å²) in [5.41, 5.74) is 7.89. The molecule has 0 unspecified atom stereocenters. The first-order valence-corrected chi connectivity index (χ1v) is 7.62. The molecule has 0 saturated heterocycles. The highest BCUT2D eigenvalue weighted by atomic mass is 16.5. The average molecular weight is 312 g/mol. The minimum absolute atomic E-state index is 0.398. The number of rotatable bonds is 7. The van der Waals surface area contributed by atoms with Gasteiger partial charge in [0.2, 0.25) is 0 Å². The first-order chi connectivity index (χ1) is 11.1. The first kappa shape index (κ1) is 16.8. The Morgan fingerprint density at radius 3 is 2.65 bits per heavy atom. The second-order valence-corrected chi connectivity index (χ2v) is 5.49. The molecule has 0 radical (unpaired) electrons. The van der Waals surface area contributed by atoms with E-state index in [1.54, 1.807) is 0 Å². The number of nitrogens with one attached hydrogen (secondary N) is 1. The van der Waals surface area contributed by atoms with Crippen LogP contribution in [0, 0.1) is 0 Å². The topological polar surface area (TPSA) is 62.9 Å². The first-order valence-electron chi connectivity index (χ1n) is 7.62. The third kappa shape index (κ3) is 6.40. The molecular weight excluding hydrogens is 288 g/mol. The number of hydrogen-bond donors (Lipinski definition) is 2. The van der Waals surface area contributed by atoms with E-state index in [2.05, 4.69) is 15.2 Å². The van der Waals surface area contributed by atoms with Crippen LogP contribution in [0.25, 0.3) is 0 Å². The Hall–Kier alpha value is -2.53. The van der Waals surface area contributed by atoms with E-state index in [0.717, 1.165) is 23.5 Å². The lowest BCUT2D eigenvalue weighted by Gasteiger charge is -2.11. The SMILES string of the molecule is CN(C)CCOc1cccc(CN=C(N)Nc2ccccc2)c1. The highest BCUT2D eigenvalue weighted by Crippen LogP contribution is 2.14. The van der Waals surface area contributed by atoms with E-state index in [0.29, 0.717) is 19.1 Å². The highest BCUT2D eigenvalue weighted by Gasteiger charge is 1.99. The number of aliphatic imine (C=N–C) groups is 1. The second kappa shape index (κ2) is 8.80. The minimum atomic E-state index is 0.398. The number of nitrogens with zero attached hydrogens (tertiary/aromatic N) is 2. The molecule has 2 aromatic rings. The lowest BCUT2D eigenvalue weighted by atomic mass is 10.2. The number of para-hydroxylation sites is 1. The maximum Gasteiger partial charge on any atom is 0.193 e. The maximum atomic E-state index is 5.91. The number of likely N-dealkylation sites (N-methyl/N-ethyl adjacent to an activating group) is 1. The predicted octanol–water partition coefficient (Wildman–Crippen LogP) is 2.55. The highest BCUT2D eigenvalue weighted by molar-refractivity contribution is 5.92. The number of anilines is 1. The van der Waals surface area contributed by atoms with Crippen molar-refractivity contribution >= 4 is 11.6 Å². The molecule has 0 atom stereocenters. The lowest BCUT2D eigenvalue weighted by molar-refractivity contribution is 0.261. The fourth-order valence-corrected chi connectivity index (χ4v) is 1.97. The van der Waals surface area contributed by atoms with Crippen LogP contribution in [0.1, 0.15) is 5.56 Å². The van der Waals surface area contributed by atoms with Crippen LogP contribution in [-0.2, 0) is 6.54 Å². The number of guanidine groups is 1. The molecule has 5 heteroatoms. The molecule has 5 nitrogen and oxygen atoms in total. The number of ether oxygens (including phenoxy) is 1. The van der Waals surface area contributed by atoms with Gasteiger partial charge in [0.05, 0.1) is 6.54 Å². The van der Waals surface area contributed by atoms with Crippen LogP contribution in [0.4, 0.5) is 5.69 Å². The van der Waals surface area contributed by atoms with Crippen molar-refractivity contribution in [2.75, 3.05) is 32.6 Å². The van der Waals surface area contributed by atoms with Gasteiger partial charge in [0.15, 0.2) is 5.96 Å². The van der Waals surface area contributed by atoms with Gasteiger partial charge in [-0.05, 0) is 43.9 Å². The van der Waals surface area contributed by atoms with Crippen molar-refractivity contribution in [1.29, 1.82) is 0 Å². The van der Waals surface area contributed by atoms with E-state index in [1.165, 1.54) is 0 Å². The zero-order valence-corrected chi connectivity index (χ0v) is 13.7. The van der Waals surface area contributed by atoms with Crippen molar-refractivity contribution in [1.82, 2.24) is 4.90 Å². The van der Waals surface area contributed by atoms with Gasteiger partial charge in [-0.1, -0.05) is 30.3 Å². The summed E-state index contributed by atoms with van der Waals surface area (Å²) in [6.07, 6.45) is 0. The summed E-state index contributed by atoms with van der Waals surface area (Å²) < 4.78 is 5.72. The van der Waals surface area contributed by atoms with Crippen molar-refractivity contribution in [3.05, 3.63) is 60.2 Å². The molecule has 3 N–H and O–H groups in total. The molecule has 2 rings (SSSR count). The Kier molecular flexibility index (Phi) is 6.44. The second-order valence-electron chi connectivity index (χ2n) is 5.49. The summed E-state index contributed by atoms with van der Waals surface area (Å²) >= 11 is 0. The fourth-order valence-electron chi connectivity index (χ4n) is 1.97. The van der Waals surface area contributed by atoms with Gasteiger partial charge in [-0.3, -0.25) is 0 Å². The molecule has 23 heavy (non-hydrogen) atoms. The fraction of sp³-hybridized carbons (Fsp3) is 0.278. The van der Waals surface area contributed by atoms with E-state index in [4.69, 9.17) is 10.5 Å². The third-order valence-corrected chi connectivity index (χ3v) is 3.18. The number of nitrogens with two attached hydrogens (primary N) is 1. The Morgan fingerprint density at radius 1 is 1.13 bits per heavy atom. The summed E-state index contributed by atoms with van der Waals surface area (Å²) in [6, 6.07) is 17.7. The molecule has 0 aliphatic heterocycles. The molecule has 2 aromatic carbocycles. The van der Waals surface area contributed by atoms with E-state index in [-0.39, 0.29) is 0 Å². The van der Waals surface area contributed by atoms with E-state index >= 15 is 0 Å². The largest absolute Gasteiger partial charge is 0.492 e. The van der Waals surface area contributed by atoms with Crippen LogP contribution in [0.5, 0.6) is 5.75 Å². The molecule has 122 valence electrons. The molecule has 0 spiro atoms. The standard InChI is InChI=1S/C18H24N4O/c1-22(2)11-12-23-17-10-6-7-15(13-17)14-20-18(19)21-16-8-4-3-5-9-16/h3-10,13H,11-12,14H2,1-2H3,(H3,19,20,21). The van der Waals surface area contributed by atoms with Crippen LogP contribution < -0.4 is 15.8 Å². The Balaban J connectivity index is 1.88. The monoisotopic (exact) mass is 312 g/mol. The maximum absolute atomic E-state index is 5.91. The van der Waals surface area contributed by atoms with Gasteiger partial charge in [0.1, 0.15) is 12.4 Å². The van der Waals surface area contributed by atoms with Crippen molar-refractivity contribution in [2.24, 2.45) is 10.7 Å². The Morgan fingerprint density at radius 2 is 1.91 bits per heavy atom. The minimum Gasteiger partial charge on any atom is -0.492 e. The molecule has 0 amide bonds. The molecule has 0 bridgehead atoms. The normalized spacial score (nSPS) is 11.5. The molecule has 0 heterocycles. The Bertz CT molecular complexity index is 626. The summed E-state index contributed by atoms with van der Waals surface area (Å²) in [5, 5.41) is 3.06. The van der Waals surface area contributed by atoms with Crippen LogP contribution >= 0.6 is 0 Å². The van der Waals surface area contributed by atoms with Crippen LogP contribution in [0.3, 0.4) is 0 Å².